The second kappa shape index (κ2) is 9.33. The molecule has 196 valence electrons. The first-order valence-electron chi connectivity index (χ1n) is 10.9. The van der Waals surface area contributed by atoms with E-state index < -0.39 is 30.8 Å². The van der Waals surface area contributed by atoms with Crippen LogP contribution in [0.3, 0.4) is 0 Å². The quantitative estimate of drug-likeness (QED) is 0.279. The lowest BCUT2D eigenvalue weighted by Gasteiger charge is -2.26. The fourth-order valence-electron chi connectivity index (χ4n) is 3.71. The normalized spacial score (nSPS) is 13.1. The Labute approximate surface area is 206 Å². The molecule has 0 saturated carbocycles. The van der Waals surface area contributed by atoms with Gasteiger partial charge < -0.3 is 15.2 Å². The van der Waals surface area contributed by atoms with Crippen LogP contribution in [0, 0.1) is 6.92 Å². The van der Waals surface area contributed by atoms with E-state index in [9.17, 15) is 26.7 Å². The number of halogens is 5. The van der Waals surface area contributed by atoms with Crippen molar-refractivity contribution in [2.45, 2.75) is 38.7 Å². The number of alkyl halides is 5. The van der Waals surface area contributed by atoms with Crippen molar-refractivity contribution in [3.63, 3.8) is 0 Å². The number of hydrogen-bond donors (Lipinski definition) is 1. The lowest BCUT2D eigenvalue weighted by atomic mass is 10.1. The molecule has 1 unspecified atom stereocenters. The summed E-state index contributed by atoms with van der Waals surface area (Å²) in [6.07, 6.45) is -7.93. The van der Waals surface area contributed by atoms with E-state index in [4.69, 9.17) is 10.5 Å². The number of ether oxygens (including phenoxy) is 2. The molecule has 0 aliphatic rings. The molecule has 4 rings (SSSR count). The monoisotopic (exact) mass is 524 g/mol. The topological polar surface area (TPSA) is 110 Å². The van der Waals surface area contributed by atoms with E-state index in [1.165, 1.54) is 25.3 Å². The van der Waals surface area contributed by atoms with Gasteiger partial charge in [-0.25, -0.2) is 14.8 Å². The number of esters is 1. The number of nitrogens with two attached hydrogens (primary N) is 1. The third-order valence-corrected chi connectivity index (χ3v) is 5.57. The molecule has 37 heavy (non-hydrogen) atoms. The van der Waals surface area contributed by atoms with E-state index in [1.807, 2.05) is 0 Å². The smallest absolute Gasteiger partial charge is 0.480 e. The van der Waals surface area contributed by atoms with E-state index in [1.54, 1.807) is 47.6 Å². The van der Waals surface area contributed by atoms with E-state index in [-0.39, 0.29) is 11.6 Å². The average Bonchev–Trinajstić information content (AvgIpc) is 3.43. The van der Waals surface area contributed by atoms with Gasteiger partial charge in [0.1, 0.15) is 11.4 Å². The maximum absolute atomic E-state index is 14.4. The summed E-state index contributed by atoms with van der Waals surface area (Å²) >= 11 is 0. The Hall–Kier alpha value is -4.23. The molecule has 0 aliphatic carbocycles. The van der Waals surface area contributed by atoms with Crippen LogP contribution >= 0.6 is 0 Å². The highest BCUT2D eigenvalue weighted by atomic mass is 19.4. The third kappa shape index (κ3) is 5.04. The molecule has 0 amide bonds. The highest BCUT2D eigenvalue weighted by molar-refractivity contribution is 5.76. The minimum atomic E-state index is -5.58. The molecule has 0 saturated heterocycles. The van der Waals surface area contributed by atoms with Crippen molar-refractivity contribution in [3.05, 3.63) is 48.4 Å². The van der Waals surface area contributed by atoms with Crippen LogP contribution in [0.25, 0.3) is 28.3 Å². The molecule has 2 N–H and O–H groups in total. The minimum Gasteiger partial charge on any atom is -0.480 e. The second-order valence-electron chi connectivity index (χ2n) is 8.13. The predicted octanol–water partition coefficient (Wildman–Crippen LogP) is 4.54. The van der Waals surface area contributed by atoms with Crippen molar-refractivity contribution in [1.82, 2.24) is 24.1 Å². The number of imidazole rings is 1. The lowest BCUT2D eigenvalue weighted by Crippen LogP contribution is -2.44. The molecule has 0 bridgehead atoms. The van der Waals surface area contributed by atoms with Crippen LogP contribution in [0.5, 0.6) is 5.75 Å². The van der Waals surface area contributed by atoms with Crippen LogP contribution < -0.4 is 10.5 Å². The summed E-state index contributed by atoms with van der Waals surface area (Å²) in [5, 5.41) is 4.12. The lowest BCUT2D eigenvalue weighted by molar-refractivity contribution is -0.290. The molecule has 4 aromatic rings. The zero-order valence-electron chi connectivity index (χ0n) is 19.8. The largest absolute Gasteiger partial charge is 0.491 e. The molecule has 9 nitrogen and oxygen atoms in total. The van der Waals surface area contributed by atoms with Crippen LogP contribution in [0.4, 0.5) is 27.8 Å². The van der Waals surface area contributed by atoms with E-state index in [0.717, 1.165) is 5.56 Å². The standard InChI is InChI=1S/C23H21F5N6O3/c1-4-18(23(27,28)37-21(35)22(24,25)26)36-13-6-5-12(2)14(9-13)17-10-30-20-19(29)32-15(11-34(17)20)16-7-8-31-33(16)3/h5-11,18H,4H2,1-3H3,(H2,29,32). The number of rotatable bonds is 7. The first kappa shape index (κ1) is 25.9. The van der Waals surface area contributed by atoms with Crippen LogP contribution in [0.1, 0.15) is 18.9 Å². The molecule has 14 heteroatoms. The minimum absolute atomic E-state index is 0.0842. The predicted molar refractivity (Wildman–Crippen MR) is 122 cm³/mol. The molecule has 1 aromatic carbocycles. The number of carbonyl (C=O) groups is 1. The van der Waals surface area contributed by atoms with Gasteiger partial charge in [-0.2, -0.15) is 27.1 Å². The number of anilines is 1. The number of aryl methyl sites for hydroxylation is 2. The molecule has 3 aromatic heterocycles. The van der Waals surface area contributed by atoms with Gasteiger partial charge in [-0.1, -0.05) is 13.0 Å². The number of fused-ring (bicyclic) bond motifs is 1. The fraction of sp³-hybridized carbons (Fsp3) is 0.304. The molecule has 1 atom stereocenters. The molecule has 0 fully saturated rings. The van der Waals surface area contributed by atoms with Gasteiger partial charge >= 0.3 is 18.3 Å². The summed E-state index contributed by atoms with van der Waals surface area (Å²) < 4.78 is 78.1. The number of hydrogen-bond acceptors (Lipinski definition) is 7. The zero-order valence-corrected chi connectivity index (χ0v) is 19.8. The van der Waals surface area contributed by atoms with Gasteiger partial charge in [0.2, 0.25) is 6.10 Å². The van der Waals surface area contributed by atoms with Gasteiger partial charge in [-0.3, -0.25) is 9.08 Å². The summed E-state index contributed by atoms with van der Waals surface area (Å²) in [4.78, 5) is 19.7. The van der Waals surface area contributed by atoms with Crippen molar-refractivity contribution in [3.8, 4) is 28.4 Å². The Bertz CT molecular complexity index is 1460. The van der Waals surface area contributed by atoms with E-state index >= 15 is 0 Å². The first-order valence-corrected chi connectivity index (χ1v) is 10.9. The van der Waals surface area contributed by atoms with Crippen molar-refractivity contribution < 1.29 is 36.2 Å². The molecule has 0 radical (unpaired) electrons. The van der Waals surface area contributed by atoms with Crippen molar-refractivity contribution in [1.29, 1.82) is 0 Å². The molecule has 3 heterocycles. The van der Waals surface area contributed by atoms with Crippen molar-refractivity contribution in [2.75, 3.05) is 5.73 Å². The third-order valence-electron chi connectivity index (χ3n) is 5.57. The van der Waals surface area contributed by atoms with Crippen LogP contribution in [0.2, 0.25) is 0 Å². The van der Waals surface area contributed by atoms with Gasteiger partial charge in [-0.15, -0.1) is 0 Å². The van der Waals surface area contributed by atoms with Gasteiger partial charge in [-0.05, 0) is 37.1 Å². The number of aromatic nitrogens is 5. The van der Waals surface area contributed by atoms with Crippen molar-refractivity contribution in [2.24, 2.45) is 7.05 Å². The highest BCUT2D eigenvalue weighted by Crippen LogP contribution is 2.34. The SMILES string of the molecule is CCC(Oc1ccc(C)c(-c2cnc3c(N)nc(-c4ccnn4C)cn23)c1)C(F)(F)OC(=O)C(F)(F)F. The average molecular weight is 524 g/mol. The number of nitrogen functional groups attached to an aromatic ring is 1. The summed E-state index contributed by atoms with van der Waals surface area (Å²) in [5.41, 5.74) is 9.43. The van der Waals surface area contributed by atoms with E-state index in [0.29, 0.717) is 28.3 Å². The maximum atomic E-state index is 14.4. The second-order valence-corrected chi connectivity index (χ2v) is 8.13. The van der Waals surface area contributed by atoms with Gasteiger partial charge in [0.05, 0.1) is 17.6 Å². The van der Waals surface area contributed by atoms with Gasteiger partial charge in [0, 0.05) is 25.0 Å². The number of benzene rings is 1. The summed E-state index contributed by atoms with van der Waals surface area (Å²) in [6.45, 7) is 3.03. The zero-order chi connectivity index (χ0) is 27.1. The summed E-state index contributed by atoms with van der Waals surface area (Å²) in [6, 6.07) is 6.15. The van der Waals surface area contributed by atoms with Crippen LogP contribution in [0.15, 0.2) is 42.9 Å². The Morgan fingerprint density at radius 1 is 1.16 bits per heavy atom. The van der Waals surface area contributed by atoms with Gasteiger partial charge in [0.15, 0.2) is 11.5 Å². The van der Waals surface area contributed by atoms with Gasteiger partial charge in [0.25, 0.3) is 0 Å². The highest BCUT2D eigenvalue weighted by Gasteiger charge is 2.52. The Morgan fingerprint density at radius 3 is 2.51 bits per heavy atom. The van der Waals surface area contributed by atoms with Crippen LogP contribution in [-0.4, -0.2) is 48.5 Å². The first-order chi connectivity index (χ1) is 17.3. The Morgan fingerprint density at radius 2 is 1.89 bits per heavy atom. The summed E-state index contributed by atoms with van der Waals surface area (Å²) in [5.74, 6) is -2.95. The van der Waals surface area contributed by atoms with Crippen LogP contribution in [-0.2, 0) is 16.6 Å². The Kier molecular flexibility index (Phi) is 6.52. The maximum Gasteiger partial charge on any atom is 0.491 e. The summed E-state index contributed by atoms with van der Waals surface area (Å²) in [7, 11) is 1.74. The molecule has 0 aliphatic heterocycles. The molecular weight excluding hydrogens is 503 g/mol. The molecule has 0 spiro atoms. The van der Waals surface area contributed by atoms with Crippen molar-refractivity contribution >= 4 is 17.4 Å². The Balaban J connectivity index is 1.71. The molecular formula is C23H21F5N6O3. The fourth-order valence-corrected chi connectivity index (χ4v) is 3.71. The number of nitrogens with zero attached hydrogens (tertiary/aromatic N) is 5. The van der Waals surface area contributed by atoms with E-state index in [2.05, 4.69) is 19.8 Å². The number of carbonyl (C=O) groups excluding carboxylic acids is 1.